The van der Waals surface area contributed by atoms with E-state index in [0.717, 1.165) is 11.8 Å². The Morgan fingerprint density at radius 2 is 1.81 bits per heavy atom. The molecule has 0 radical (unpaired) electrons. The first-order chi connectivity index (χ1) is 12.8. The van der Waals surface area contributed by atoms with E-state index in [1.165, 1.54) is 25.2 Å². The third-order valence-electron chi connectivity index (χ3n) is 3.76. The molecule has 5 nitrogen and oxygen atoms in total. The molecule has 2 aromatic carbocycles. The molecule has 1 aliphatic rings. The van der Waals surface area contributed by atoms with Crippen LogP contribution in [0.5, 0.6) is 17.2 Å². The molecule has 1 saturated heterocycles. The number of hydrogen-bond acceptors (Lipinski definition) is 6. The molecule has 0 spiro atoms. The van der Waals surface area contributed by atoms with Gasteiger partial charge in [-0.05, 0) is 42.0 Å². The second-order valence-corrected chi connectivity index (χ2v) is 7.88. The average Bonchev–Trinajstić information content (AvgIpc) is 2.91. The molecule has 0 unspecified atom stereocenters. The topological polar surface area (TPSA) is 59.0 Å². The molecule has 2 aromatic rings. The lowest BCUT2D eigenvalue weighted by molar-refractivity contribution is -0.113. The van der Waals surface area contributed by atoms with E-state index in [9.17, 15) is 9.90 Å². The minimum absolute atomic E-state index is 0.123. The van der Waals surface area contributed by atoms with Gasteiger partial charge in [-0.1, -0.05) is 47.2 Å². The number of aromatic hydroxyl groups is 1. The zero-order valence-corrected chi connectivity index (χ0v) is 17.3. The van der Waals surface area contributed by atoms with Gasteiger partial charge in [0.1, 0.15) is 5.75 Å². The molecule has 3 rings (SSSR count). The number of carbonyl (C=O) groups excluding carboxylic acids is 1. The van der Waals surface area contributed by atoms with Crippen molar-refractivity contribution < 1.29 is 19.4 Å². The summed E-state index contributed by atoms with van der Waals surface area (Å²) in [5.41, 5.74) is 1.15. The van der Waals surface area contributed by atoms with Crippen LogP contribution in [0.1, 0.15) is 5.56 Å². The molecular formula is C18H13Cl2NO4S2. The van der Waals surface area contributed by atoms with Gasteiger partial charge in [-0.15, -0.1) is 0 Å². The number of halogens is 2. The molecule has 1 N–H and O–H groups in total. The lowest BCUT2D eigenvalue weighted by atomic mass is 10.1. The molecule has 1 heterocycles. The number of rotatable bonds is 4. The van der Waals surface area contributed by atoms with Crippen LogP contribution < -0.4 is 14.4 Å². The van der Waals surface area contributed by atoms with Gasteiger partial charge in [-0.2, -0.15) is 0 Å². The molecule has 0 atom stereocenters. The van der Waals surface area contributed by atoms with Crippen molar-refractivity contribution >= 4 is 69.2 Å². The average molecular weight is 442 g/mol. The Balaban J connectivity index is 1.96. The van der Waals surface area contributed by atoms with Gasteiger partial charge in [-0.25, -0.2) is 0 Å². The zero-order chi connectivity index (χ0) is 19.7. The Morgan fingerprint density at radius 1 is 1.11 bits per heavy atom. The summed E-state index contributed by atoms with van der Waals surface area (Å²) in [5, 5.41) is 10.3. The van der Waals surface area contributed by atoms with Crippen molar-refractivity contribution in [2.24, 2.45) is 0 Å². The van der Waals surface area contributed by atoms with Crippen molar-refractivity contribution in [3.63, 3.8) is 0 Å². The predicted molar refractivity (Wildman–Crippen MR) is 113 cm³/mol. The summed E-state index contributed by atoms with van der Waals surface area (Å²) in [4.78, 5) is 14.7. The fraction of sp³-hybridized carbons (Fsp3) is 0.111. The van der Waals surface area contributed by atoms with Gasteiger partial charge in [0, 0.05) is 0 Å². The van der Waals surface area contributed by atoms with Crippen molar-refractivity contribution in [3.05, 3.63) is 50.8 Å². The highest BCUT2D eigenvalue weighted by atomic mass is 35.5. The van der Waals surface area contributed by atoms with Crippen LogP contribution in [0.2, 0.25) is 10.0 Å². The summed E-state index contributed by atoms with van der Waals surface area (Å²) in [7, 11) is 2.93. The second kappa shape index (κ2) is 7.98. The number of amides is 1. The normalized spacial score (nSPS) is 15.6. The first-order valence-corrected chi connectivity index (χ1v) is 9.51. The first kappa shape index (κ1) is 19.8. The highest BCUT2D eigenvalue weighted by Gasteiger charge is 2.33. The van der Waals surface area contributed by atoms with Gasteiger partial charge >= 0.3 is 0 Å². The number of nitrogens with zero attached hydrogens (tertiary/aromatic N) is 1. The molecule has 0 bridgehead atoms. The van der Waals surface area contributed by atoms with Crippen LogP contribution in [-0.4, -0.2) is 29.6 Å². The molecule has 27 heavy (non-hydrogen) atoms. The summed E-state index contributed by atoms with van der Waals surface area (Å²) in [5.74, 6) is 0.282. The summed E-state index contributed by atoms with van der Waals surface area (Å²) in [6, 6.07) is 8.12. The van der Waals surface area contributed by atoms with E-state index in [0.29, 0.717) is 31.2 Å². The molecule has 0 saturated carbocycles. The molecule has 0 aliphatic carbocycles. The Hall–Kier alpha value is -1.93. The molecule has 1 fully saturated rings. The van der Waals surface area contributed by atoms with Crippen molar-refractivity contribution in [1.29, 1.82) is 0 Å². The lowest BCUT2D eigenvalue weighted by Gasteiger charge is -2.15. The van der Waals surface area contributed by atoms with Crippen molar-refractivity contribution in [3.8, 4) is 17.2 Å². The fourth-order valence-electron chi connectivity index (χ4n) is 2.47. The van der Waals surface area contributed by atoms with Gasteiger partial charge in [0.15, 0.2) is 15.8 Å². The van der Waals surface area contributed by atoms with Crippen LogP contribution in [0.4, 0.5) is 5.69 Å². The molecular weight excluding hydrogens is 429 g/mol. The number of ether oxygens (including phenoxy) is 2. The van der Waals surface area contributed by atoms with Gasteiger partial charge in [0.25, 0.3) is 5.91 Å². The molecule has 9 heteroatoms. The minimum atomic E-state index is -0.283. The van der Waals surface area contributed by atoms with Crippen LogP contribution in [0, 0.1) is 0 Å². The highest BCUT2D eigenvalue weighted by molar-refractivity contribution is 8.27. The smallest absolute Gasteiger partial charge is 0.270 e. The number of carbonyl (C=O) groups is 1. The third kappa shape index (κ3) is 3.87. The number of hydrogen-bond donors (Lipinski definition) is 1. The van der Waals surface area contributed by atoms with E-state index in [-0.39, 0.29) is 22.4 Å². The highest BCUT2D eigenvalue weighted by Crippen LogP contribution is 2.40. The monoisotopic (exact) mass is 441 g/mol. The SMILES string of the molecule is COc1ccc(N2C(=O)C(=Cc3cc(Cl)c(O)c(OC)c3)SC2=S)cc1Cl. The van der Waals surface area contributed by atoms with Gasteiger partial charge in [-0.3, -0.25) is 9.69 Å². The zero-order valence-electron chi connectivity index (χ0n) is 14.2. The van der Waals surface area contributed by atoms with Crippen molar-refractivity contribution in [1.82, 2.24) is 0 Å². The number of anilines is 1. The standard InChI is InChI=1S/C18H13Cl2NO4S2/c1-24-13-4-3-10(8-11(13)19)21-17(23)15(27-18(21)26)7-9-5-12(20)16(22)14(6-9)25-2/h3-8,22H,1-2H3. The van der Waals surface area contributed by atoms with Crippen molar-refractivity contribution in [2.75, 3.05) is 19.1 Å². The first-order valence-electron chi connectivity index (χ1n) is 7.53. The largest absolute Gasteiger partial charge is 0.503 e. The number of thioether (sulfide) groups is 1. The lowest BCUT2D eigenvalue weighted by Crippen LogP contribution is -2.27. The van der Waals surface area contributed by atoms with Gasteiger partial charge in [0.2, 0.25) is 0 Å². The summed E-state index contributed by atoms with van der Waals surface area (Å²) in [6.07, 6.45) is 1.64. The van der Waals surface area contributed by atoms with E-state index >= 15 is 0 Å². The predicted octanol–water partition coefficient (Wildman–Crippen LogP) is 5.12. The maximum atomic E-state index is 12.9. The van der Waals surface area contributed by atoms with Crippen LogP contribution in [-0.2, 0) is 4.79 Å². The quantitative estimate of drug-likeness (QED) is 0.524. The molecule has 1 aliphatic heterocycles. The molecule has 1 amide bonds. The van der Waals surface area contributed by atoms with E-state index in [2.05, 4.69) is 0 Å². The van der Waals surface area contributed by atoms with Crippen LogP contribution in [0.15, 0.2) is 35.2 Å². The Kier molecular flexibility index (Phi) is 5.86. The second-order valence-electron chi connectivity index (χ2n) is 5.39. The molecule has 0 aromatic heterocycles. The number of phenols is 1. The summed E-state index contributed by atoms with van der Waals surface area (Å²) < 4.78 is 10.6. The Bertz CT molecular complexity index is 978. The third-order valence-corrected chi connectivity index (χ3v) is 5.64. The van der Waals surface area contributed by atoms with Crippen molar-refractivity contribution in [2.45, 2.75) is 0 Å². The minimum Gasteiger partial charge on any atom is -0.503 e. The van der Waals surface area contributed by atoms with E-state index in [1.54, 1.807) is 30.3 Å². The number of benzene rings is 2. The number of phenolic OH excluding ortho intramolecular Hbond substituents is 1. The number of thiocarbonyl (C=S) groups is 1. The van der Waals surface area contributed by atoms with E-state index in [4.69, 9.17) is 44.9 Å². The summed E-state index contributed by atoms with van der Waals surface area (Å²) in [6.45, 7) is 0. The van der Waals surface area contributed by atoms with Crippen LogP contribution in [0.25, 0.3) is 6.08 Å². The maximum Gasteiger partial charge on any atom is 0.270 e. The fourth-order valence-corrected chi connectivity index (χ4v) is 4.24. The molecule has 140 valence electrons. The van der Waals surface area contributed by atoms with Crippen LogP contribution in [0.3, 0.4) is 0 Å². The van der Waals surface area contributed by atoms with Crippen LogP contribution >= 0.6 is 47.2 Å². The van der Waals surface area contributed by atoms with E-state index in [1.807, 2.05) is 0 Å². The maximum absolute atomic E-state index is 12.9. The Morgan fingerprint density at radius 3 is 2.44 bits per heavy atom. The Labute approximate surface area is 175 Å². The van der Waals surface area contributed by atoms with E-state index < -0.39 is 0 Å². The van der Waals surface area contributed by atoms with Gasteiger partial charge in [0.05, 0.1) is 34.9 Å². The van der Waals surface area contributed by atoms with Gasteiger partial charge < -0.3 is 14.6 Å². The number of methoxy groups -OCH3 is 2. The summed E-state index contributed by atoms with van der Waals surface area (Å²) >= 11 is 18.7.